The Morgan fingerprint density at radius 2 is 2.37 bits per heavy atom. The first-order chi connectivity index (χ1) is 8.99. The van der Waals surface area contributed by atoms with Gasteiger partial charge in [-0.1, -0.05) is 0 Å². The Balaban J connectivity index is 1.92. The average molecular weight is 283 g/mol. The molecule has 5 N–H and O–H groups in total. The number of amides is 1. The SMILES string of the molecule is CC(C)N1CCC(CNc2snc(N)c2C(N)=O)C1. The van der Waals surface area contributed by atoms with Gasteiger partial charge in [0.25, 0.3) is 5.91 Å². The number of rotatable bonds is 5. The van der Waals surface area contributed by atoms with Crippen LogP contribution in [0.15, 0.2) is 0 Å². The van der Waals surface area contributed by atoms with Gasteiger partial charge in [-0.05, 0) is 44.3 Å². The number of nitrogens with one attached hydrogen (secondary N) is 1. The zero-order valence-corrected chi connectivity index (χ0v) is 12.2. The Kier molecular flexibility index (Phi) is 4.26. The molecule has 6 nitrogen and oxygen atoms in total. The minimum absolute atomic E-state index is 0.218. The Morgan fingerprint density at radius 1 is 1.63 bits per heavy atom. The maximum absolute atomic E-state index is 11.3. The van der Waals surface area contributed by atoms with Crippen molar-refractivity contribution in [2.75, 3.05) is 30.7 Å². The zero-order chi connectivity index (χ0) is 14.0. The third kappa shape index (κ3) is 3.16. The summed E-state index contributed by atoms with van der Waals surface area (Å²) in [7, 11) is 0. The van der Waals surface area contributed by atoms with Gasteiger partial charge in [0, 0.05) is 19.1 Å². The van der Waals surface area contributed by atoms with Crippen molar-refractivity contribution < 1.29 is 4.79 Å². The summed E-state index contributed by atoms with van der Waals surface area (Å²) in [5, 5.41) is 3.95. The summed E-state index contributed by atoms with van der Waals surface area (Å²) >= 11 is 1.19. The topological polar surface area (TPSA) is 97.3 Å². The van der Waals surface area contributed by atoms with Crippen LogP contribution in [0.4, 0.5) is 10.8 Å². The standard InChI is InChI=1S/C12H21N5OS/c1-7(2)17-4-3-8(6-17)5-15-12-9(11(14)18)10(13)16-19-12/h7-8,15H,3-6H2,1-2H3,(H2,13,16)(H2,14,18). The molecule has 0 aromatic carbocycles. The summed E-state index contributed by atoms with van der Waals surface area (Å²) in [6, 6.07) is 0.588. The Bertz CT molecular complexity index is 459. The summed E-state index contributed by atoms with van der Waals surface area (Å²) in [5.74, 6) is 0.283. The van der Waals surface area contributed by atoms with E-state index in [0.717, 1.165) is 19.6 Å². The van der Waals surface area contributed by atoms with E-state index >= 15 is 0 Å². The maximum atomic E-state index is 11.3. The van der Waals surface area contributed by atoms with E-state index in [2.05, 4.69) is 28.4 Å². The summed E-state index contributed by atoms with van der Waals surface area (Å²) in [6.45, 7) is 7.48. The highest BCUT2D eigenvalue weighted by atomic mass is 32.1. The fourth-order valence-corrected chi connectivity index (χ4v) is 3.12. The van der Waals surface area contributed by atoms with Gasteiger partial charge in [-0.3, -0.25) is 4.79 Å². The number of hydrogen-bond acceptors (Lipinski definition) is 6. The van der Waals surface area contributed by atoms with Crippen LogP contribution in [0.3, 0.4) is 0 Å². The normalized spacial score (nSPS) is 20.1. The van der Waals surface area contributed by atoms with Gasteiger partial charge < -0.3 is 21.7 Å². The predicted octanol–water partition coefficient (Wildman–Crippen LogP) is 0.966. The van der Waals surface area contributed by atoms with Crippen LogP contribution in [-0.2, 0) is 0 Å². The van der Waals surface area contributed by atoms with E-state index in [4.69, 9.17) is 11.5 Å². The van der Waals surface area contributed by atoms with Crippen LogP contribution >= 0.6 is 11.5 Å². The number of primary amides is 1. The molecule has 0 saturated carbocycles. The van der Waals surface area contributed by atoms with Gasteiger partial charge in [-0.25, -0.2) is 0 Å². The number of anilines is 2. The van der Waals surface area contributed by atoms with Crippen LogP contribution in [0.5, 0.6) is 0 Å². The van der Waals surface area contributed by atoms with E-state index in [1.807, 2.05) is 0 Å². The van der Waals surface area contributed by atoms with E-state index in [9.17, 15) is 4.79 Å². The van der Waals surface area contributed by atoms with Gasteiger partial charge in [0.1, 0.15) is 10.6 Å². The summed E-state index contributed by atoms with van der Waals surface area (Å²) in [5.41, 5.74) is 11.3. The van der Waals surface area contributed by atoms with Crippen molar-refractivity contribution in [1.82, 2.24) is 9.27 Å². The summed E-state index contributed by atoms with van der Waals surface area (Å²) < 4.78 is 3.97. The molecular weight excluding hydrogens is 262 g/mol. The quantitative estimate of drug-likeness (QED) is 0.748. The molecule has 1 atom stereocenters. The number of carbonyl (C=O) groups excluding carboxylic acids is 1. The van der Waals surface area contributed by atoms with Crippen LogP contribution in [0, 0.1) is 5.92 Å². The van der Waals surface area contributed by atoms with Crippen molar-refractivity contribution in [2.45, 2.75) is 26.3 Å². The Morgan fingerprint density at radius 3 is 2.95 bits per heavy atom. The molecular formula is C12H21N5OS. The number of nitrogens with zero attached hydrogens (tertiary/aromatic N) is 2. The van der Waals surface area contributed by atoms with E-state index in [0.29, 0.717) is 22.5 Å². The molecule has 7 heteroatoms. The lowest BCUT2D eigenvalue weighted by Crippen LogP contribution is -2.29. The minimum atomic E-state index is -0.524. The molecule has 0 aliphatic carbocycles. The monoisotopic (exact) mass is 283 g/mol. The molecule has 0 radical (unpaired) electrons. The molecule has 1 unspecified atom stereocenters. The summed E-state index contributed by atoms with van der Waals surface area (Å²) in [6.07, 6.45) is 1.17. The van der Waals surface area contributed by atoms with Gasteiger partial charge in [0.15, 0.2) is 5.82 Å². The first-order valence-electron chi connectivity index (χ1n) is 6.52. The second-order valence-electron chi connectivity index (χ2n) is 5.26. The highest BCUT2D eigenvalue weighted by Gasteiger charge is 2.25. The predicted molar refractivity (Wildman–Crippen MR) is 78.4 cm³/mol. The van der Waals surface area contributed by atoms with Crippen molar-refractivity contribution in [3.8, 4) is 0 Å². The van der Waals surface area contributed by atoms with Crippen molar-refractivity contribution >= 4 is 28.3 Å². The second-order valence-corrected chi connectivity index (χ2v) is 6.03. The highest BCUT2D eigenvalue weighted by molar-refractivity contribution is 7.11. The molecule has 106 valence electrons. The lowest BCUT2D eigenvalue weighted by molar-refractivity contribution is 0.100. The molecule has 1 aliphatic rings. The van der Waals surface area contributed by atoms with Crippen molar-refractivity contribution in [3.63, 3.8) is 0 Å². The van der Waals surface area contributed by atoms with Gasteiger partial charge in [-0.2, -0.15) is 4.37 Å². The van der Waals surface area contributed by atoms with Gasteiger partial charge in [-0.15, -0.1) is 0 Å². The van der Waals surface area contributed by atoms with Gasteiger partial charge in [0.05, 0.1) is 0 Å². The average Bonchev–Trinajstić information content (AvgIpc) is 2.92. The molecule has 1 aliphatic heterocycles. The van der Waals surface area contributed by atoms with E-state index in [1.165, 1.54) is 18.0 Å². The first kappa shape index (κ1) is 14.1. The molecule has 2 rings (SSSR count). The van der Waals surface area contributed by atoms with Gasteiger partial charge >= 0.3 is 0 Å². The largest absolute Gasteiger partial charge is 0.382 e. The maximum Gasteiger partial charge on any atom is 0.255 e. The minimum Gasteiger partial charge on any atom is -0.382 e. The van der Waals surface area contributed by atoms with E-state index in [-0.39, 0.29) is 5.82 Å². The molecule has 1 aromatic heterocycles. The van der Waals surface area contributed by atoms with Crippen LogP contribution in [-0.4, -0.2) is 40.9 Å². The summed E-state index contributed by atoms with van der Waals surface area (Å²) in [4.78, 5) is 13.8. The molecule has 2 heterocycles. The lowest BCUT2D eigenvalue weighted by atomic mass is 10.1. The van der Waals surface area contributed by atoms with Crippen molar-refractivity contribution in [3.05, 3.63) is 5.56 Å². The number of likely N-dealkylation sites (tertiary alicyclic amines) is 1. The second kappa shape index (κ2) is 5.75. The molecule has 1 amide bonds. The third-order valence-corrected chi connectivity index (χ3v) is 4.38. The number of nitrogen functional groups attached to an aromatic ring is 1. The molecule has 0 bridgehead atoms. The van der Waals surface area contributed by atoms with Crippen LogP contribution in [0.1, 0.15) is 30.6 Å². The van der Waals surface area contributed by atoms with Crippen LogP contribution < -0.4 is 16.8 Å². The van der Waals surface area contributed by atoms with Crippen LogP contribution in [0.25, 0.3) is 0 Å². The Hall–Kier alpha value is -1.34. The zero-order valence-electron chi connectivity index (χ0n) is 11.3. The molecule has 19 heavy (non-hydrogen) atoms. The Labute approximate surface area is 117 Å². The number of nitrogens with two attached hydrogens (primary N) is 2. The molecule has 1 saturated heterocycles. The first-order valence-corrected chi connectivity index (χ1v) is 7.29. The molecule has 1 fully saturated rings. The van der Waals surface area contributed by atoms with E-state index < -0.39 is 5.91 Å². The number of carbonyl (C=O) groups is 1. The number of aromatic nitrogens is 1. The number of hydrogen-bond donors (Lipinski definition) is 3. The van der Waals surface area contributed by atoms with Crippen molar-refractivity contribution in [1.29, 1.82) is 0 Å². The highest BCUT2D eigenvalue weighted by Crippen LogP contribution is 2.27. The fourth-order valence-electron chi connectivity index (χ4n) is 2.40. The van der Waals surface area contributed by atoms with Crippen LogP contribution in [0.2, 0.25) is 0 Å². The van der Waals surface area contributed by atoms with Crippen molar-refractivity contribution in [2.24, 2.45) is 11.7 Å². The smallest absolute Gasteiger partial charge is 0.255 e. The fraction of sp³-hybridized carbons (Fsp3) is 0.667. The third-order valence-electron chi connectivity index (χ3n) is 3.56. The lowest BCUT2D eigenvalue weighted by Gasteiger charge is -2.20. The van der Waals surface area contributed by atoms with Gasteiger partial charge in [0.2, 0.25) is 0 Å². The molecule has 1 aromatic rings. The van der Waals surface area contributed by atoms with E-state index in [1.54, 1.807) is 0 Å². The molecule has 0 spiro atoms.